The van der Waals surface area contributed by atoms with Crippen LogP contribution in [0.5, 0.6) is 11.5 Å². The molecular weight excluding hydrogens is 775 g/mol. The average Bonchev–Trinajstić information content (AvgIpc) is 3.75. The minimum atomic E-state index is -4.87. The van der Waals surface area contributed by atoms with Crippen LogP contribution < -0.4 is 29.1 Å². The molecule has 0 radical (unpaired) electrons. The van der Waals surface area contributed by atoms with E-state index < -0.39 is 57.5 Å². The van der Waals surface area contributed by atoms with E-state index in [1.807, 2.05) is 54.6 Å². The first kappa shape index (κ1) is 40.6. The Bertz CT molecular complexity index is 2520. The van der Waals surface area contributed by atoms with Crippen molar-refractivity contribution in [3.05, 3.63) is 133 Å². The van der Waals surface area contributed by atoms with Gasteiger partial charge in [0.15, 0.2) is 0 Å². The summed E-state index contributed by atoms with van der Waals surface area (Å²) in [5.41, 5.74) is 1.74. The van der Waals surface area contributed by atoms with Crippen molar-refractivity contribution < 1.29 is 42.2 Å². The molecule has 59 heavy (non-hydrogen) atoms. The first-order valence-corrected chi connectivity index (χ1v) is 20.5. The number of carboxylic acid groups (broad SMARTS) is 1. The van der Waals surface area contributed by atoms with Gasteiger partial charge >= 0.3 is 16.2 Å². The number of carbonyl (C=O) groups excluding carboxylic acids is 3. The number of nitrogens with zero attached hydrogens (tertiary/aromatic N) is 2. The highest BCUT2D eigenvalue weighted by Crippen LogP contribution is 2.45. The van der Waals surface area contributed by atoms with Crippen molar-refractivity contribution in [3.63, 3.8) is 0 Å². The molecule has 1 aliphatic carbocycles. The lowest BCUT2D eigenvalue weighted by Crippen LogP contribution is -2.57. The molecule has 5 aromatic rings. The fourth-order valence-electron chi connectivity index (χ4n) is 7.30. The number of para-hydroxylation sites is 1. The summed E-state index contributed by atoms with van der Waals surface area (Å²) in [6, 6.07) is 30.5. The van der Waals surface area contributed by atoms with E-state index >= 15 is 0 Å². The molecule has 2 aliphatic rings. The van der Waals surface area contributed by atoms with Gasteiger partial charge in [-0.15, -0.1) is 6.58 Å². The number of nitrogens with one attached hydrogen (secondary N) is 3. The van der Waals surface area contributed by atoms with Crippen molar-refractivity contribution in [1.29, 1.82) is 0 Å². The molecule has 304 valence electrons. The van der Waals surface area contributed by atoms with Gasteiger partial charge in [-0.05, 0) is 48.2 Å². The van der Waals surface area contributed by atoms with Crippen molar-refractivity contribution >= 4 is 50.5 Å². The quantitative estimate of drug-likeness (QED) is 0.101. The summed E-state index contributed by atoms with van der Waals surface area (Å²) in [5, 5.41) is 15.8. The Labute approximate surface area is 341 Å². The predicted octanol–water partition coefficient (Wildman–Crippen LogP) is 4.73. The summed E-state index contributed by atoms with van der Waals surface area (Å²) in [6.07, 6.45) is 1.12. The second-order valence-corrected chi connectivity index (χ2v) is 16.0. The van der Waals surface area contributed by atoms with Gasteiger partial charge < -0.3 is 25.2 Å². The van der Waals surface area contributed by atoms with Crippen molar-refractivity contribution in [2.75, 3.05) is 18.0 Å². The minimum Gasteiger partial charge on any atom is -0.497 e. The SMILES string of the molecule is C=C[C@@H]1C[C@]1(NC(=O)[C@@H]1C[C@@H](Oc2cc(-c3ccccc3)nc3cc(OC)ccc23)CN1)C(=O)NS(=O)(=O)N(C(=O)Cc1cccc(CCC(=O)O)c1)c1ccccc1. The number of benzene rings is 4. The van der Waals surface area contributed by atoms with Crippen LogP contribution in [-0.4, -0.2) is 73.5 Å². The van der Waals surface area contributed by atoms with E-state index in [1.54, 1.807) is 49.6 Å². The Hall–Kier alpha value is -6.58. The van der Waals surface area contributed by atoms with Gasteiger partial charge in [0.2, 0.25) is 11.8 Å². The van der Waals surface area contributed by atoms with Crippen LogP contribution in [0, 0.1) is 5.92 Å². The lowest BCUT2D eigenvalue weighted by atomic mass is 10.0. The number of rotatable bonds is 16. The smallest absolute Gasteiger partial charge is 0.332 e. The summed E-state index contributed by atoms with van der Waals surface area (Å²) < 4.78 is 42.6. The number of amides is 3. The highest BCUT2D eigenvalue weighted by atomic mass is 32.2. The maximum Gasteiger partial charge on any atom is 0.332 e. The van der Waals surface area contributed by atoms with E-state index in [0.29, 0.717) is 44.7 Å². The van der Waals surface area contributed by atoms with Crippen LogP contribution in [0.4, 0.5) is 5.69 Å². The number of anilines is 1. The monoisotopic (exact) mass is 817 g/mol. The highest BCUT2D eigenvalue weighted by Gasteiger charge is 2.61. The number of carbonyl (C=O) groups is 4. The van der Waals surface area contributed by atoms with E-state index in [1.165, 1.54) is 18.2 Å². The summed E-state index contributed by atoms with van der Waals surface area (Å²) in [6.45, 7) is 4.10. The molecule has 1 aliphatic heterocycles. The Morgan fingerprint density at radius 3 is 2.39 bits per heavy atom. The molecule has 4 atom stereocenters. The number of hydrogen-bond donors (Lipinski definition) is 4. The number of carboxylic acids is 1. The average molecular weight is 818 g/mol. The minimum absolute atomic E-state index is 0.00724. The summed E-state index contributed by atoms with van der Waals surface area (Å²) in [5.74, 6) is -2.75. The topological polar surface area (TPSA) is 193 Å². The van der Waals surface area contributed by atoms with Gasteiger partial charge in [0, 0.05) is 48.4 Å². The molecule has 4 N–H and O–H groups in total. The molecule has 4 aromatic carbocycles. The zero-order valence-electron chi connectivity index (χ0n) is 32.2. The van der Waals surface area contributed by atoms with Crippen LogP contribution in [0.25, 0.3) is 22.2 Å². The highest BCUT2D eigenvalue weighted by molar-refractivity contribution is 7.92. The number of aryl methyl sites for hydroxylation is 1. The van der Waals surface area contributed by atoms with Gasteiger partial charge in [-0.1, -0.05) is 78.9 Å². The third-order valence-corrected chi connectivity index (χ3v) is 11.8. The second-order valence-electron chi connectivity index (χ2n) is 14.5. The van der Waals surface area contributed by atoms with Crippen LogP contribution in [0.1, 0.15) is 30.4 Å². The third-order valence-electron chi connectivity index (χ3n) is 10.5. The Morgan fingerprint density at radius 1 is 0.966 bits per heavy atom. The molecule has 1 saturated carbocycles. The van der Waals surface area contributed by atoms with Crippen LogP contribution >= 0.6 is 0 Å². The number of fused-ring (bicyclic) bond motifs is 1. The van der Waals surface area contributed by atoms with Crippen molar-refractivity contribution in [2.45, 2.75) is 49.8 Å². The third kappa shape index (κ3) is 9.11. The fraction of sp³-hybridized carbons (Fsp3) is 0.250. The van der Waals surface area contributed by atoms with Gasteiger partial charge in [0.1, 0.15) is 23.1 Å². The Balaban J connectivity index is 1.05. The molecule has 1 aromatic heterocycles. The van der Waals surface area contributed by atoms with E-state index in [2.05, 4.69) is 21.9 Å². The van der Waals surface area contributed by atoms with Crippen LogP contribution in [0.15, 0.2) is 122 Å². The molecule has 3 amide bonds. The van der Waals surface area contributed by atoms with Gasteiger partial charge in [0.05, 0.1) is 36.5 Å². The summed E-state index contributed by atoms with van der Waals surface area (Å²) in [4.78, 5) is 57.5. The van der Waals surface area contributed by atoms with Gasteiger partial charge in [-0.2, -0.15) is 12.7 Å². The fourth-order valence-corrected chi connectivity index (χ4v) is 8.54. The lowest BCUT2D eigenvalue weighted by Gasteiger charge is -2.26. The number of hydrogen-bond acceptors (Lipinski definition) is 10. The zero-order valence-corrected chi connectivity index (χ0v) is 33.0. The van der Waals surface area contributed by atoms with Gasteiger partial charge in [0.25, 0.3) is 5.91 Å². The van der Waals surface area contributed by atoms with Crippen LogP contribution in [0.3, 0.4) is 0 Å². The molecule has 0 unspecified atom stereocenters. The van der Waals surface area contributed by atoms with Crippen LogP contribution in [0.2, 0.25) is 0 Å². The largest absolute Gasteiger partial charge is 0.497 e. The van der Waals surface area contributed by atoms with E-state index in [9.17, 15) is 27.6 Å². The van der Waals surface area contributed by atoms with E-state index in [0.717, 1.165) is 10.9 Å². The molecule has 0 bridgehead atoms. The predicted molar refractivity (Wildman–Crippen MR) is 221 cm³/mol. The van der Waals surface area contributed by atoms with Crippen LogP contribution in [-0.2, 0) is 42.2 Å². The number of methoxy groups -OCH3 is 1. The Kier molecular flexibility index (Phi) is 11.8. The van der Waals surface area contributed by atoms with E-state index in [4.69, 9.17) is 19.6 Å². The molecule has 2 fully saturated rings. The lowest BCUT2D eigenvalue weighted by molar-refractivity contribution is -0.137. The maximum absolute atomic E-state index is 14.0. The maximum atomic E-state index is 14.0. The molecular formula is C44H43N5O9S. The summed E-state index contributed by atoms with van der Waals surface area (Å²) in [7, 11) is -3.29. The van der Waals surface area contributed by atoms with Crippen molar-refractivity contribution in [3.8, 4) is 22.8 Å². The molecule has 7 rings (SSSR count). The first-order valence-electron chi connectivity index (χ1n) is 19.0. The number of pyridine rings is 1. The first-order chi connectivity index (χ1) is 28.4. The number of aliphatic carboxylic acids is 1. The van der Waals surface area contributed by atoms with Crippen molar-refractivity contribution in [1.82, 2.24) is 20.3 Å². The summed E-state index contributed by atoms with van der Waals surface area (Å²) >= 11 is 0. The van der Waals surface area contributed by atoms with Gasteiger partial charge in [-0.25, -0.2) is 9.71 Å². The second kappa shape index (κ2) is 17.1. The number of aromatic nitrogens is 1. The zero-order chi connectivity index (χ0) is 41.7. The molecule has 0 spiro atoms. The molecule has 14 nitrogen and oxygen atoms in total. The normalized spacial score (nSPS) is 19.6. The standard InChI is InChI=1S/C44H43N5O9S/c1-3-31-26-44(31,43(54)48-59(55,56)49(32-15-8-5-9-16-32)40(50)22-29-12-10-11-28(21-29)17-20-41(51)52)47-42(53)38-24-34(27-45-38)58-39-25-36(30-13-6-4-7-14-30)46-37-23-33(57-2)18-19-35(37)39/h3-16,18-19,21,23,25,31,34,38,45H,1,17,20,22,24,26-27H2,2H3,(H,47,53)(H,48,54)(H,51,52)/t31-,34-,38+,44-/m1/s1. The molecule has 1 saturated heterocycles. The Morgan fingerprint density at radius 2 is 1.69 bits per heavy atom. The van der Waals surface area contributed by atoms with Gasteiger partial charge in [-0.3, -0.25) is 19.2 Å². The van der Waals surface area contributed by atoms with E-state index in [-0.39, 0.29) is 37.8 Å². The van der Waals surface area contributed by atoms with Crippen molar-refractivity contribution in [2.24, 2.45) is 5.92 Å². The number of ether oxygens (including phenoxy) is 2. The molecule has 15 heteroatoms. The molecule has 2 heterocycles.